The van der Waals surface area contributed by atoms with Crippen molar-refractivity contribution >= 4 is 17.5 Å². The fourth-order valence-corrected chi connectivity index (χ4v) is 1.96. The largest absolute Gasteiger partial charge is 0.478 e. The number of pyridine rings is 1. The first-order chi connectivity index (χ1) is 9.58. The standard InChI is InChI=1S/C15H17N3O2/c1-10-4-2-3-5-11(10)6-7-17-14-8-12(15(19)20)13(16)9-18-14/h2-5,8-9H,6-7,16H2,1H3,(H,17,18)(H,19,20). The summed E-state index contributed by atoms with van der Waals surface area (Å²) in [6.45, 7) is 2.75. The number of hydrogen-bond donors (Lipinski definition) is 3. The van der Waals surface area contributed by atoms with E-state index >= 15 is 0 Å². The van der Waals surface area contributed by atoms with Crippen LogP contribution in [-0.2, 0) is 6.42 Å². The average molecular weight is 271 g/mol. The molecule has 1 aromatic carbocycles. The Hall–Kier alpha value is -2.56. The summed E-state index contributed by atoms with van der Waals surface area (Å²) in [7, 11) is 0. The fraction of sp³-hybridized carbons (Fsp3) is 0.200. The third kappa shape index (κ3) is 3.26. The lowest BCUT2D eigenvalue weighted by atomic mass is 10.1. The van der Waals surface area contributed by atoms with E-state index in [-0.39, 0.29) is 11.3 Å². The number of carboxylic acid groups (broad SMARTS) is 1. The summed E-state index contributed by atoms with van der Waals surface area (Å²) in [5.74, 6) is -0.531. The molecule has 0 saturated heterocycles. The molecule has 5 heteroatoms. The summed E-state index contributed by atoms with van der Waals surface area (Å²) in [6.07, 6.45) is 2.21. The Balaban J connectivity index is 2.00. The van der Waals surface area contributed by atoms with Crippen molar-refractivity contribution in [2.75, 3.05) is 17.6 Å². The molecule has 0 amide bonds. The summed E-state index contributed by atoms with van der Waals surface area (Å²) < 4.78 is 0. The van der Waals surface area contributed by atoms with Gasteiger partial charge in [0.2, 0.25) is 0 Å². The van der Waals surface area contributed by atoms with Crippen LogP contribution in [0.4, 0.5) is 11.5 Å². The second-order valence-corrected chi connectivity index (χ2v) is 4.57. The van der Waals surface area contributed by atoms with Crippen molar-refractivity contribution in [3.05, 3.63) is 53.2 Å². The molecule has 1 heterocycles. The molecule has 2 aromatic rings. The fourth-order valence-electron chi connectivity index (χ4n) is 1.96. The second-order valence-electron chi connectivity index (χ2n) is 4.57. The average Bonchev–Trinajstić information content (AvgIpc) is 2.42. The van der Waals surface area contributed by atoms with Gasteiger partial charge in [0.1, 0.15) is 5.82 Å². The number of anilines is 2. The Bertz CT molecular complexity index is 626. The minimum absolute atomic E-state index is 0.0680. The molecule has 0 unspecified atom stereocenters. The number of aromatic nitrogens is 1. The molecule has 0 aliphatic rings. The molecule has 0 aliphatic carbocycles. The predicted octanol–water partition coefficient (Wildman–Crippen LogP) is 2.33. The Labute approximate surface area is 117 Å². The zero-order chi connectivity index (χ0) is 14.5. The minimum Gasteiger partial charge on any atom is -0.478 e. The van der Waals surface area contributed by atoms with Gasteiger partial charge < -0.3 is 16.2 Å². The van der Waals surface area contributed by atoms with Crippen LogP contribution in [0.3, 0.4) is 0 Å². The van der Waals surface area contributed by atoms with Gasteiger partial charge >= 0.3 is 5.97 Å². The van der Waals surface area contributed by atoms with Crippen LogP contribution in [0.1, 0.15) is 21.5 Å². The zero-order valence-electron chi connectivity index (χ0n) is 11.3. The molecule has 4 N–H and O–H groups in total. The topological polar surface area (TPSA) is 88.2 Å². The first-order valence-corrected chi connectivity index (χ1v) is 6.35. The van der Waals surface area contributed by atoms with E-state index in [1.54, 1.807) is 0 Å². The van der Waals surface area contributed by atoms with Crippen LogP contribution >= 0.6 is 0 Å². The number of nitrogens with two attached hydrogens (primary N) is 1. The predicted molar refractivity (Wildman–Crippen MR) is 79.0 cm³/mol. The lowest BCUT2D eigenvalue weighted by molar-refractivity contribution is 0.0698. The van der Waals surface area contributed by atoms with E-state index in [2.05, 4.69) is 29.4 Å². The number of carbonyl (C=O) groups is 1. The molecule has 0 spiro atoms. The van der Waals surface area contributed by atoms with Gasteiger partial charge in [-0.1, -0.05) is 24.3 Å². The highest BCUT2D eigenvalue weighted by Gasteiger charge is 2.09. The highest BCUT2D eigenvalue weighted by Crippen LogP contribution is 2.15. The van der Waals surface area contributed by atoms with Crippen molar-refractivity contribution in [2.24, 2.45) is 0 Å². The molecule has 20 heavy (non-hydrogen) atoms. The van der Waals surface area contributed by atoms with E-state index in [0.29, 0.717) is 12.4 Å². The van der Waals surface area contributed by atoms with E-state index in [9.17, 15) is 4.79 Å². The highest BCUT2D eigenvalue weighted by atomic mass is 16.4. The number of nitrogens with one attached hydrogen (secondary N) is 1. The first-order valence-electron chi connectivity index (χ1n) is 6.35. The molecule has 0 radical (unpaired) electrons. The smallest absolute Gasteiger partial charge is 0.337 e. The molecule has 0 atom stereocenters. The normalized spacial score (nSPS) is 10.2. The van der Waals surface area contributed by atoms with E-state index < -0.39 is 5.97 Å². The van der Waals surface area contributed by atoms with E-state index in [1.165, 1.54) is 23.4 Å². The van der Waals surface area contributed by atoms with Crippen molar-refractivity contribution in [3.8, 4) is 0 Å². The number of aromatic carboxylic acids is 1. The summed E-state index contributed by atoms with van der Waals surface area (Å²) in [4.78, 5) is 15.1. The van der Waals surface area contributed by atoms with Gasteiger partial charge in [-0.2, -0.15) is 0 Å². The first kappa shape index (κ1) is 13.9. The van der Waals surface area contributed by atoms with Gasteiger partial charge in [-0.25, -0.2) is 9.78 Å². The van der Waals surface area contributed by atoms with Crippen LogP contribution in [0, 0.1) is 6.92 Å². The third-order valence-corrected chi connectivity index (χ3v) is 3.13. The van der Waals surface area contributed by atoms with Gasteiger partial charge in [-0.15, -0.1) is 0 Å². The molecule has 0 fully saturated rings. The van der Waals surface area contributed by atoms with Crippen molar-refractivity contribution in [1.29, 1.82) is 0 Å². The number of hydrogen-bond acceptors (Lipinski definition) is 4. The summed E-state index contributed by atoms with van der Waals surface area (Å²) in [5.41, 5.74) is 8.29. The van der Waals surface area contributed by atoms with Gasteiger partial charge in [-0.05, 0) is 30.5 Å². The van der Waals surface area contributed by atoms with Crippen molar-refractivity contribution in [3.63, 3.8) is 0 Å². The Morgan fingerprint density at radius 1 is 1.40 bits per heavy atom. The Morgan fingerprint density at radius 3 is 2.85 bits per heavy atom. The van der Waals surface area contributed by atoms with Crippen LogP contribution in [0.5, 0.6) is 0 Å². The van der Waals surface area contributed by atoms with Crippen LogP contribution in [0.15, 0.2) is 36.5 Å². The maximum atomic E-state index is 11.0. The molecule has 104 valence electrons. The minimum atomic E-state index is -1.05. The van der Waals surface area contributed by atoms with Gasteiger partial charge in [0, 0.05) is 6.54 Å². The molecule has 5 nitrogen and oxygen atoms in total. The summed E-state index contributed by atoms with van der Waals surface area (Å²) in [6, 6.07) is 9.62. The maximum Gasteiger partial charge on any atom is 0.337 e. The number of rotatable bonds is 5. The van der Waals surface area contributed by atoms with Crippen molar-refractivity contribution in [2.45, 2.75) is 13.3 Å². The molecule has 0 saturated carbocycles. The van der Waals surface area contributed by atoms with E-state index in [0.717, 1.165) is 6.42 Å². The molecule has 2 rings (SSSR count). The Morgan fingerprint density at radius 2 is 2.15 bits per heavy atom. The van der Waals surface area contributed by atoms with Gasteiger partial charge in [-0.3, -0.25) is 0 Å². The van der Waals surface area contributed by atoms with Gasteiger partial charge in [0.05, 0.1) is 17.4 Å². The summed E-state index contributed by atoms with van der Waals surface area (Å²) in [5, 5.41) is 12.1. The highest BCUT2D eigenvalue weighted by molar-refractivity contribution is 5.94. The molecule has 0 bridgehead atoms. The third-order valence-electron chi connectivity index (χ3n) is 3.13. The summed E-state index contributed by atoms with van der Waals surface area (Å²) >= 11 is 0. The van der Waals surface area contributed by atoms with Crippen molar-refractivity contribution < 1.29 is 9.90 Å². The number of nitrogens with zero attached hydrogens (tertiary/aromatic N) is 1. The van der Waals surface area contributed by atoms with Gasteiger partial charge in [0.15, 0.2) is 0 Å². The lowest BCUT2D eigenvalue weighted by Crippen LogP contribution is -2.10. The van der Waals surface area contributed by atoms with E-state index in [4.69, 9.17) is 10.8 Å². The SMILES string of the molecule is Cc1ccccc1CCNc1cc(C(=O)O)c(N)cn1. The van der Waals surface area contributed by atoms with Crippen LogP contribution in [-0.4, -0.2) is 22.6 Å². The zero-order valence-corrected chi connectivity index (χ0v) is 11.3. The number of carboxylic acids is 1. The molecular weight excluding hydrogens is 254 g/mol. The maximum absolute atomic E-state index is 11.0. The number of benzene rings is 1. The van der Waals surface area contributed by atoms with E-state index in [1.807, 2.05) is 12.1 Å². The van der Waals surface area contributed by atoms with Gasteiger partial charge in [0.25, 0.3) is 0 Å². The van der Waals surface area contributed by atoms with Crippen LogP contribution in [0.2, 0.25) is 0 Å². The monoisotopic (exact) mass is 271 g/mol. The Kier molecular flexibility index (Phi) is 4.20. The van der Waals surface area contributed by atoms with Crippen molar-refractivity contribution in [1.82, 2.24) is 4.98 Å². The second kappa shape index (κ2) is 6.06. The molecule has 1 aromatic heterocycles. The molecule has 0 aliphatic heterocycles. The number of nitrogen functional groups attached to an aromatic ring is 1. The quantitative estimate of drug-likeness (QED) is 0.776. The van der Waals surface area contributed by atoms with Crippen LogP contribution < -0.4 is 11.1 Å². The lowest BCUT2D eigenvalue weighted by Gasteiger charge is -2.09. The number of aryl methyl sites for hydroxylation is 1. The molecular formula is C15H17N3O2. The van der Waals surface area contributed by atoms with Crippen LogP contribution in [0.25, 0.3) is 0 Å².